The molecule has 2 aliphatic rings. The van der Waals surface area contributed by atoms with E-state index in [4.69, 9.17) is 32.7 Å². The third-order valence-electron chi connectivity index (χ3n) is 6.43. The Morgan fingerprint density at radius 3 is 2.33 bits per heavy atom. The van der Waals surface area contributed by atoms with E-state index in [1.165, 1.54) is 0 Å². The zero-order valence-corrected chi connectivity index (χ0v) is 20.1. The molecule has 0 spiro atoms. The normalized spacial score (nSPS) is 18.7. The fourth-order valence-corrected chi connectivity index (χ4v) is 4.48. The van der Waals surface area contributed by atoms with Crippen LogP contribution in [0.3, 0.4) is 0 Å². The lowest BCUT2D eigenvalue weighted by Gasteiger charge is -2.38. The Morgan fingerprint density at radius 1 is 1.00 bits per heavy atom. The van der Waals surface area contributed by atoms with E-state index in [-0.39, 0.29) is 12.5 Å². The molecule has 0 radical (unpaired) electrons. The highest BCUT2D eigenvalue weighted by Crippen LogP contribution is 2.29. The molecule has 0 unspecified atom stereocenters. The second-order valence-electron chi connectivity index (χ2n) is 8.91. The number of hydrogen-bond donors (Lipinski definition) is 2. The molecule has 6 nitrogen and oxygen atoms in total. The number of benzene rings is 2. The van der Waals surface area contributed by atoms with Gasteiger partial charge in [-0.1, -0.05) is 23.2 Å². The third kappa shape index (κ3) is 6.54. The predicted molar refractivity (Wildman–Crippen MR) is 130 cm³/mol. The first kappa shape index (κ1) is 24.1. The van der Waals surface area contributed by atoms with Gasteiger partial charge in [0.2, 0.25) is 0 Å². The summed E-state index contributed by atoms with van der Waals surface area (Å²) < 4.78 is 11.6. The molecule has 2 aromatic rings. The van der Waals surface area contributed by atoms with Gasteiger partial charge < -0.3 is 24.8 Å². The molecule has 8 heteroatoms. The number of hydrogen-bond acceptors (Lipinski definition) is 5. The van der Waals surface area contributed by atoms with Crippen molar-refractivity contribution in [3.8, 4) is 11.5 Å². The van der Waals surface area contributed by atoms with Crippen LogP contribution in [-0.2, 0) is 0 Å². The second-order valence-corrected chi connectivity index (χ2v) is 9.72. The van der Waals surface area contributed by atoms with Crippen LogP contribution in [0.2, 0.25) is 10.0 Å². The number of halogens is 2. The van der Waals surface area contributed by atoms with Gasteiger partial charge in [0, 0.05) is 24.7 Å². The minimum absolute atomic E-state index is 0.0349. The number of ether oxygens (including phenoxy) is 2. The lowest BCUT2D eigenvalue weighted by atomic mass is 9.92. The Kier molecular flexibility index (Phi) is 8.02. The van der Waals surface area contributed by atoms with E-state index in [2.05, 4.69) is 5.32 Å². The quantitative estimate of drug-likeness (QED) is 0.598. The summed E-state index contributed by atoms with van der Waals surface area (Å²) >= 11 is 11.9. The van der Waals surface area contributed by atoms with Crippen molar-refractivity contribution in [3.05, 3.63) is 58.1 Å². The summed E-state index contributed by atoms with van der Waals surface area (Å²) in [7, 11) is 0. The molecule has 2 fully saturated rings. The van der Waals surface area contributed by atoms with E-state index >= 15 is 0 Å². The monoisotopic (exact) mass is 492 g/mol. The molecule has 0 atom stereocenters. The Hall–Kier alpha value is -1.99. The zero-order valence-electron chi connectivity index (χ0n) is 18.6. The molecule has 2 aliphatic heterocycles. The first-order valence-electron chi connectivity index (χ1n) is 11.4. The summed E-state index contributed by atoms with van der Waals surface area (Å²) in [4.78, 5) is 14.7. The number of nitrogens with one attached hydrogen (secondary N) is 1. The third-order valence-corrected chi connectivity index (χ3v) is 7.16. The van der Waals surface area contributed by atoms with Gasteiger partial charge in [-0.3, -0.25) is 4.79 Å². The SMILES string of the molecule is O=C(c1ccc(OCC2CCNCC2)cc1)N1CCC(O)(COc2ccc(Cl)c(Cl)c2)CC1. The smallest absolute Gasteiger partial charge is 0.253 e. The highest BCUT2D eigenvalue weighted by molar-refractivity contribution is 6.42. The summed E-state index contributed by atoms with van der Waals surface area (Å²) in [5.41, 5.74) is -0.364. The summed E-state index contributed by atoms with van der Waals surface area (Å²) in [6.45, 7) is 3.88. The molecule has 2 N–H and O–H groups in total. The van der Waals surface area contributed by atoms with Crippen LogP contribution in [0.5, 0.6) is 11.5 Å². The number of carbonyl (C=O) groups excluding carboxylic acids is 1. The van der Waals surface area contributed by atoms with Gasteiger partial charge >= 0.3 is 0 Å². The number of likely N-dealkylation sites (tertiary alicyclic amines) is 1. The van der Waals surface area contributed by atoms with Gasteiger partial charge in [0.1, 0.15) is 23.7 Å². The second kappa shape index (κ2) is 11.0. The average molecular weight is 493 g/mol. The van der Waals surface area contributed by atoms with E-state index in [0.29, 0.717) is 59.8 Å². The Morgan fingerprint density at radius 2 is 1.67 bits per heavy atom. The number of nitrogens with zero attached hydrogens (tertiary/aromatic N) is 1. The molecule has 178 valence electrons. The fraction of sp³-hybridized carbons (Fsp3) is 0.480. The highest BCUT2D eigenvalue weighted by atomic mass is 35.5. The minimum atomic E-state index is -0.991. The standard InChI is InChI=1S/C25H30Cl2N2O4/c26-22-6-5-21(15-23(22)27)33-17-25(31)9-13-29(14-10-25)24(30)19-1-3-20(4-2-19)32-16-18-7-11-28-12-8-18/h1-6,15,18,28,31H,7-14,16-17H2. The summed E-state index contributed by atoms with van der Waals surface area (Å²) in [6.07, 6.45) is 3.15. The van der Waals surface area contributed by atoms with Crippen molar-refractivity contribution >= 4 is 29.1 Å². The molecule has 0 aliphatic carbocycles. The fourth-order valence-electron chi connectivity index (χ4n) is 4.19. The molecule has 2 saturated heterocycles. The van der Waals surface area contributed by atoms with Crippen molar-refractivity contribution in [2.24, 2.45) is 5.92 Å². The summed E-state index contributed by atoms with van der Waals surface area (Å²) in [6, 6.07) is 12.4. The van der Waals surface area contributed by atoms with Gasteiger partial charge in [0.15, 0.2) is 0 Å². The Balaban J connectivity index is 1.24. The first-order valence-corrected chi connectivity index (χ1v) is 12.2. The van der Waals surface area contributed by atoms with Gasteiger partial charge in [-0.2, -0.15) is 0 Å². The molecule has 1 amide bonds. The van der Waals surface area contributed by atoms with Crippen LogP contribution in [0.25, 0.3) is 0 Å². The largest absolute Gasteiger partial charge is 0.493 e. The van der Waals surface area contributed by atoms with Gasteiger partial charge in [0.05, 0.1) is 16.7 Å². The number of amides is 1. The van der Waals surface area contributed by atoms with Gasteiger partial charge in [0.25, 0.3) is 5.91 Å². The van der Waals surface area contributed by atoms with E-state index in [1.807, 2.05) is 24.3 Å². The summed E-state index contributed by atoms with van der Waals surface area (Å²) in [5.74, 6) is 1.89. The van der Waals surface area contributed by atoms with E-state index < -0.39 is 5.60 Å². The van der Waals surface area contributed by atoms with E-state index in [0.717, 1.165) is 31.7 Å². The number of piperidine rings is 2. The van der Waals surface area contributed by atoms with Crippen molar-refractivity contribution in [1.29, 1.82) is 0 Å². The molecule has 2 heterocycles. The van der Waals surface area contributed by atoms with Gasteiger partial charge in [-0.05, 0) is 81.1 Å². The lowest BCUT2D eigenvalue weighted by molar-refractivity contribution is -0.0475. The Bertz CT molecular complexity index is 940. The lowest BCUT2D eigenvalue weighted by Crippen LogP contribution is -2.49. The van der Waals surface area contributed by atoms with Crippen LogP contribution in [-0.4, -0.2) is 60.9 Å². The maximum absolute atomic E-state index is 12.9. The number of rotatable bonds is 7. The molecular weight excluding hydrogens is 463 g/mol. The van der Waals surface area contributed by atoms with Gasteiger partial charge in [-0.25, -0.2) is 0 Å². The van der Waals surface area contributed by atoms with Crippen LogP contribution in [0.4, 0.5) is 0 Å². The van der Waals surface area contributed by atoms with Crippen LogP contribution in [0.1, 0.15) is 36.0 Å². The van der Waals surface area contributed by atoms with Gasteiger partial charge in [-0.15, -0.1) is 0 Å². The molecule has 0 aromatic heterocycles. The minimum Gasteiger partial charge on any atom is -0.493 e. The molecule has 2 aromatic carbocycles. The van der Waals surface area contributed by atoms with Crippen molar-refractivity contribution in [1.82, 2.24) is 10.2 Å². The van der Waals surface area contributed by atoms with Crippen LogP contribution in [0.15, 0.2) is 42.5 Å². The topological polar surface area (TPSA) is 71.0 Å². The molecular formula is C25H30Cl2N2O4. The molecule has 33 heavy (non-hydrogen) atoms. The Labute approximate surface area is 204 Å². The van der Waals surface area contributed by atoms with Crippen molar-refractivity contribution in [3.63, 3.8) is 0 Å². The maximum atomic E-state index is 12.9. The van der Waals surface area contributed by atoms with Crippen LogP contribution < -0.4 is 14.8 Å². The van der Waals surface area contributed by atoms with Crippen molar-refractivity contribution < 1.29 is 19.4 Å². The zero-order chi connectivity index (χ0) is 23.3. The van der Waals surface area contributed by atoms with E-state index in [9.17, 15) is 9.90 Å². The van der Waals surface area contributed by atoms with Crippen molar-refractivity contribution in [2.45, 2.75) is 31.3 Å². The maximum Gasteiger partial charge on any atom is 0.253 e. The van der Waals surface area contributed by atoms with E-state index in [1.54, 1.807) is 23.1 Å². The first-order chi connectivity index (χ1) is 15.9. The van der Waals surface area contributed by atoms with Crippen molar-refractivity contribution in [2.75, 3.05) is 39.4 Å². The highest BCUT2D eigenvalue weighted by Gasteiger charge is 2.35. The van der Waals surface area contributed by atoms with Crippen LogP contribution >= 0.6 is 23.2 Å². The molecule has 4 rings (SSSR count). The molecule has 0 saturated carbocycles. The number of aliphatic hydroxyl groups is 1. The number of carbonyl (C=O) groups is 1. The average Bonchev–Trinajstić information content (AvgIpc) is 2.85. The predicted octanol–water partition coefficient (Wildman–Crippen LogP) is 4.42. The summed E-state index contributed by atoms with van der Waals surface area (Å²) in [5, 5.41) is 15.1. The molecule has 0 bridgehead atoms. The van der Waals surface area contributed by atoms with Crippen LogP contribution in [0, 0.1) is 5.92 Å².